The Kier molecular flexibility index (Phi) is 4.78. The van der Waals surface area contributed by atoms with E-state index in [4.69, 9.17) is 9.26 Å². The van der Waals surface area contributed by atoms with Crippen molar-refractivity contribution in [2.45, 2.75) is 11.8 Å². The van der Waals surface area contributed by atoms with Crippen LogP contribution in [0.1, 0.15) is 16.1 Å². The molecule has 0 atom stereocenters. The summed E-state index contributed by atoms with van der Waals surface area (Å²) < 4.78 is 38.7. The predicted octanol–water partition coefficient (Wildman–Crippen LogP) is 2.41. The molecule has 0 aliphatic carbocycles. The summed E-state index contributed by atoms with van der Waals surface area (Å²) in [7, 11) is -3.84. The number of benzene rings is 2. The summed E-state index contributed by atoms with van der Waals surface area (Å²) in [6, 6.07) is 11.5. The fourth-order valence-electron chi connectivity index (χ4n) is 3.05. The van der Waals surface area contributed by atoms with Gasteiger partial charge in [0.1, 0.15) is 0 Å². The smallest absolute Gasteiger partial charge is 0.276 e. The molecule has 9 heteroatoms. The van der Waals surface area contributed by atoms with Crippen LogP contribution in [0.4, 0.5) is 5.69 Å². The molecule has 1 fully saturated rings. The highest BCUT2D eigenvalue weighted by atomic mass is 32.2. The summed E-state index contributed by atoms with van der Waals surface area (Å²) in [6.45, 7) is 3.66. The zero-order valence-corrected chi connectivity index (χ0v) is 16.0. The highest BCUT2D eigenvalue weighted by molar-refractivity contribution is 7.92. The van der Waals surface area contributed by atoms with Gasteiger partial charge in [-0.1, -0.05) is 23.4 Å². The average Bonchev–Trinajstić information content (AvgIpc) is 3.13. The van der Waals surface area contributed by atoms with Gasteiger partial charge >= 0.3 is 0 Å². The summed E-state index contributed by atoms with van der Waals surface area (Å²) in [6.07, 6.45) is 0. The zero-order chi connectivity index (χ0) is 19.7. The van der Waals surface area contributed by atoms with Crippen molar-refractivity contribution in [2.24, 2.45) is 0 Å². The van der Waals surface area contributed by atoms with Gasteiger partial charge in [-0.2, -0.15) is 0 Å². The molecule has 1 aromatic heterocycles. The van der Waals surface area contributed by atoms with E-state index in [9.17, 15) is 13.2 Å². The number of aromatic nitrogens is 1. The normalized spacial score (nSPS) is 15.0. The van der Waals surface area contributed by atoms with Crippen molar-refractivity contribution in [1.82, 2.24) is 10.1 Å². The fourth-order valence-corrected chi connectivity index (χ4v) is 4.20. The maximum atomic E-state index is 12.8. The van der Waals surface area contributed by atoms with Gasteiger partial charge in [0.25, 0.3) is 15.9 Å². The lowest BCUT2D eigenvalue weighted by molar-refractivity contribution is 0.0297. The second-order valence-electron chi connectivity index (χ2n) is 6.51. The highest BCUT2D eigenvalue weighted by Gasteiger charge is 2.25. The Balaban J connectivity index is 1.69. The van der Waals surface area contributed by atoms with E-state index in [1.54, 1.807) is 17.0 Å². The lowest BCUT2D eigenvalue weighted by atomic mass is 10.2. The van der Waals surface area contributed by atoms with Gasteiger partial charge in [-0.25, -0.2) is 8.42 Å². The van der Waals surface area contributed by atoms with E-state index in [1.807, 2.05) is 19.1 Å². The molecule has 1 N–H and O–H groups in total. The van der Waals surface area contributed by atoms with Crippen molar-refractivity contribution in [2.75, 3.05) is 31.0 Å². The number of carbonyl (C=O) groups excluding carboxylic acids is 1. The first-order valence-electron chi connectivity index (χ1n) is 8.80. The molecular formula is C19H19N3O5S. The molecule has 0 spiro atoms. The molecule has 8 nitrogen and oxygen atoms in total. The molecule has 0 bridgehead atoms. The number of para-hydroxylation sites is 1. The topological polar surface area (TPSA) is 102 Å². The minimum atomic E-state index is -3.84. The SMILES string of the molecule is Cc1ccccc1NS(=O)(=O)c1ccc2onc(C(=O)N3CCOCC3)c2c1. The number of amides is 1. The number of fused-ring (bicyclic) bond motifs is 1. The number of anilines is 1. The van der Waals surface area contributed by atoms with Crippen molar-refractivity contribution in [1.29, 1.82) is 0 Å². The molecular weight excluding hydrogens is 382 g/mol. The molecule has 0 radical (unpaired) electrons. The van der Waals surface area contributed by atoms with E-state index in [-0.39, 0.29) is 16.5 Å². The quantitative estimate of drug-likeness (QED) is 0.720. The summed E-state index contributed by atoms with van der Waals surface area (Å²) in [5, 5.41) is 4.23. The molecule has 2 heterocycles. The predicted molar refractivity (Wildman–Crippen MR) is 103 cm³/mol. The maximum Gasteiger partial charge on any atom is 0.276 e. The van der Waals surface area contributed by atoms with Gasteiger partial charge in [-0.05, 0) is 36.8 Å². The number of carbonyl (C=O) groups is 1. The first-order chi connectivity index (χ1) is 13.5. The van der Waals surface area contributed by atoms with Gasteiger partial charge in [-0.3, -0.25) is 9.52 Å². The van der Waals surface area contributed by atoms with E-state index < -0.39 is 10.0 Å². The molecule has 1 aliphatic rings. The third-order valence-electron chi connectivity index (χ3n) is 4.64. The molecule has 4 rings (SSSR count). The molecule has 2 aromatic carbocycles. The van der Waals surface area contributed by atoms with Crippen LogP contribution >= 0.6 is 0 Å². The van der Waals surface area contributed by atoms with Crippen LogP contribution in [0.5, 0.6) is 0 Å². The van der Waals surface area contributed by atoms with E-state index in [1.165, 1.54) is 18.2 Å². The molecule has 1 aliphatic heterocycles. The van der Waals surface area contributed by atoms with Crippen molar-refractivity contribution in [3.63, 3.8) is 0 Å². The zero-order valence-electron chi connectivity index (χ0n) is 15.2. The van der Waals surface area contributed by atoms with Gasteiger partial charge < -0.3 is 14.2 Å². The van der Waals surface area contributed by atoms with Gasteiger partial charge in [0, 0.05) is 13.1 Å². The van der Waals surface area contributed by atoms with E-state index >= 15 is 0 Å². The van der Waals surface area contributed by atoms with Crippen LogP contribution in [0.25, 0.3) is 11.0 Å². The maximum absolute atomic E-state index is 12.8. The third kappa shape index (κ3) is 3.46. The van der Waals surface area contributed by atoms with Crippen LogP contribution in [0.3, 0.4) is 0 Å². The number of ether oxygens (including phenoxy) is 1. The van der Waals surface area contributed by atoms with Crippen molar-refractivity contribution in [3.8, 4) is 0 Å². The van der Waals surface area contributed by atoms with E-state index in [0.717, 1.165) is 5.56 Å². The van der Waals surface area contributed by atoms with E-state index in [0.29, 0.717) is 43.0 Å². The first kappa shape index (κ1) is 18.5. The van der Waals surface area contributed by atoms with Crippen molar-refractivity contribution < 1.29 is 22.5 Å². The second kappa shape index (κ2) is 7.25. The van der Waals surface area contributed by atoms with Gasteiger partial charge in [0.15, 0.2) is 11.3 Å². The molecule has 0 saturated carbocycles. The Bertz CT molecular complexity index is 1130. The molecule has 28 heavy (non-hydrogen) atoms. The van der Waals surface area contributed by atoms with Crippen LogP contribution in [0, 0.1) is 6.92 Å². The molecule has 1 amide bonds. The van der Waals surface area contributed by atoms with Crippen LogP contribution in [0.2, 0.25) is 0 Å². The average molecular weight is 401 g/mol. The standard InChI is InChI=1S/C19H19N3O5S/c1-13-4-2-3-5-16(13)21-28(24,25)14-6-7-17-15(12-14)18(20-27-17)19(23)22-8-10-26-11-9-22/h2-7,12,21H,8-11H2,1H3. The lowest BCUT2D eigenvalue weighted by Crippen LogP contribution is -2.40. The Morgan fingerprint density at radius 3 is 2.64 bits per heavy atom. The summed E-state index contributed by atoms with van der Waals surface area (Å²) >= 11 is 0. The highest BCUT2D eigenvalue weighted by Crippen LogP contribution is 2.26. The molecule has 3 aromatic rings. The summed E-state index contributed by atoms with van der Waals surface area (Å²) in [4.78, 5) is 14.4. The summed E-state index contributed by atoms with van der Waals surface area (Å²) in [5.41, 5.74) is 1.76. The Hall–Kier alpha value is -2.91. The lowest BCUT2D eigenvalue weighted by Gasteiger charge is -2.25. The number of morpholine rings is 1. The van der Waals surface area contributed by atoms with Gasteiger partial charge in [-0.15, -0.1) is 0 Å². The summed E-state index contributed by atoms with van der Waals surface area (Å²) in [5.74, 6) is -0.302. The minimum absolute atomic E-state index is 0.0301. The second-order valence-corrected chi connectivity index (χ2v) is 8.20. The van der Waals surface area contributed by atoms with E-state index in [2.05, 4.69) is 9.88 Å². The minimum Gasteiger partial charge on any atom is -0.378 e. The van der Waals surface area contributed by atoms with Crippen LogP contribution in [0.15, 0.2) is 51.9 Å². The number of sulfonamides is 1. The number of nitrogens with zero attached hydrogens (tertiary/aromatic N) is 2. The number of nitrogens with one attached hydrogen (secondary N) is 1. The van der Waals surface area contributed by atoms with Crippen molar-refractivity contribution >= 4 is 32.6 Å². The van der Waals surface area contributed by atoms with Crippen molar-refractivity contribution in [3.05, 3.63) is 53.7 Å². The fraction of sp³-hybridized carbons (Fsp3) is 0.263. The Labute approximate surface area is 162 Å². The van der Waals surface area contributed by atoms with Crippen LogP contribution in [-0.2, 0) is 14.8 Å². The van der Waals surface area contributed by atoms with Gasteiger partial charge in [0.2, 0.25) is 0 Å². The van der Waals surface area contributed by atoms with Gasteiger partial charge in [0.05, 0.1) is 29.2 Å². The Morgan fingerprint density at radius 2 is 1.89 bits per heavy atom. The first-order valence-corrected chi connectivity index (χ1v) is 10.3. The number of hydrogen-bond donors (Lipinski definition) is 1. The number of rotatable bonds is 4. The van der Waals surface area contributed by atoms with Crippen LogP contribution in [-0.4, -0.2) is 50.7 Å². The molecule has 146 valence electrons. The third-order valence-corrected chi connectivity index (χ3v) is 6.01. The number of hydrogen-bond acceptors (Lipinski definition) is 6. The Morgan fingerprint density at radius 1 is 1.14 bits per heavy atom. The number of aryl methyl sites for hydroxylation is 1. The molecule has 0 unspecified atom stereocenters. The molecule has 1 saturated heterocycles. The monoisotopic (exact) mass is 401 g/mol. The van der Waals surface area contributed by atoms with Crippen LogP contribution < -0.4 is 4.72 Å². The largest absolute Gasteiger partial charge is 0.378 e.